The highest BCUT2D eigenvalue weighted by Gasteiger charge is 2.19. The van der Waals surface area contributed by atoms with Crippen LogP contribution in [-0.2, 0) is 0 Å². The molecule has 4 nitrogen and oxygen atoms in total. The second-order valence-corrected chi connectivity index (χ2v) is 4.36. The SMILES string of the molecule is CC(=O)c1ccc(NC(=O)NC2CCC2)cc1. The maximum atomic E-state index is 11.5. The molecule has 2 N–H and O–H groups in total. The van der Waals surface area contributed by atoms with Crippen LogP contribution in [0.4, 0.5) is 10.5 Å². The largest absolute Gasteiger partial charge is 0.335 e. The maximum Gasteiger partial charge on any atom is 0.319 e. The lowest BCUT2D eigenvalue weighted by molar-refractivity contribution is 0.101. The van der Waals surface area contributed by atoms with Gasteiger partial charge < -0.3 is 10.6 Å². The fraction of sp³-hybridized carbons (Fsp3) is 0.385. The Bertz CT molecular complexity index is 422. The summed E-state index contributed by atoms with van der Waals surface area (Å²) >= 11 is 0. The van der Waals surface area contributed by atoms with Gasteiger partial charge in [-0.3, -0.25) is 4.79 Å². The Balaban J connectivity index is 1.89. The minimum Gasteiger partial charge on any atom is -0.335 e. The van der Waals surface area contributed by atoms with Crippen LogP contribution in [-0.4, -0.2) is 17.9 Å². The molecular weight excluding hydrogens is 216 g/mol. The second kappa shape index (κ2) is 4.99. The standard InChI is InChI=1S/C13H16N2O2/c1-9(16)10-5-7-12(8-6-10)15-13(17)14-11-3-2-4-11/h5-8,11H,2-4H2,1H3,(H2,14,15,17). The molecule has 0 heterocycles. The van der Waals surface area contributed by atoms with Crippen molar-refractivity contribution < 1.29 is 9.59 Å². The quantitative estimate of drug-likeness (QED) is 0.787. The van der Waals surface area contributed by atoms with Crippen LogP contribution >= 0.6 is 0 Å². The summed E-state index contributed by atoms with van der Waals surface area (Å²) in [6, 6.07) is 7.04. The van der Waals surface area contributed by atoms with E-state index in [-0.39, 0.29) is 11.8 Å². The van der Waals surface area contributed by atoms with Crippen molar-refractivity contribution >= 4 is 17.5 Å². The Morgan fingerprint density at radius 3 is 2.29 bits per heavy atom. The summed E-state index contributed by atoms with van der Waals surface area (Å²) < 4.78 is 0. The number of hydrogen-bond donors (Lipinski definition) is 2. The summed E-state index contributed by atoms with van der Waals surface area (Å²) in [4.78, 5) is 22.6. The third kappa shape index (κ3) is 3.06. The Kier molecular flexibility index (Phi) is 3.42. The molecule has 0 aliphatic heterocycles. The lowest BCUT2D eigenvalue weighted by Crippen LogP contribution is -2.41. The van der Waals surface area contributed by atoms with E-state index in [9.17, 15) is 9.59 Å². The van der Waals surface area contributed by atoms with Gasteiger partial charge in [0.1, 0.15) is 0 Å². The summed E-state index contributed by atoms with van der Waals surface area (Å²) in [6.07, 6.45) is 3.33. The number of amides is 2. The molecular formula is C13H16N2O2. The van der Waals surface area contributed by atoms with Gasteiger partial charge >= 0.3 is 6.03 Å². The van der Waals surface area contributed by atoms with Crippen LogP contribution in [0.15, 0.2) is 24.3 Å². The molecule has 0 saturated heterocycles. The minimum absolute atomic E-state index is 0.0236. The van der Waals surface area contributed by atoms with E-state index in [0.29, 0.717) is 17.3 Å². The summed E-state index contributed by atoms with van der Waals surface area (Å²) in [5.41, 5.74) is 1.35. The summed E-state index contributed by atoms with van der Waals surface area (Å²) in [6.45, 7) is 1.52. The maximum absolute atomic E-state index is 11.5. The molecule has 1 aromatic carbocycles. The lowest BCUT2D eigenvalue weighted by atomic mass is 9.93. The first kappa shape index (κ1) is 11.6. The number of anilines is 1. The minimum atomic E-state index is -0.176. The molecule has 1 aromatic rings. The van der Waals surface area contributed by atoms with Gasteiger partial charge in [0.05, 0.1) is 0 Å². The number of nitrogens with one attached hydrogen (secondary N) is 2. The Morgan fingerprint density at radius 2 is 1.82 bits per heavy atom. The molecule has 17 heavy (non-hydrogen) atoms. The van der Waals surface area contributed by atoms with Gasteiger partial charge in [-0.2, -0.15) is 0 Å². The number of urea groups is 1. The zero-order valence-corrected chi connectivity index (χ0v) is 9.82. The highest BCUT2D eigenvalue weighted by Crippen LogP contribution is 2.18. The fourth-order valence-electron chi connectivity index (χ4n) is 1.69. The third-order valence-corrected chi connectivity index (χ3v) is 2.99. The van der Waals surface area contributed by atoms with E-state index < -0.39 is 0 Å². The highest BCUT2D eigenvalue weighted by molar-refractivity contribution is 5.95. The first-order valence-corrected chi connectivity index (χ1v) is 5.83. The monoisotopic (exact) mass is 232 g/mol. The first-order chi connectivity index (χ1) is 8.15. The van der Waals surface area contributed by atoms with Gasteiger partial charge in [-0.05, 0) is 50.5 Å². The predicted octanol–water partition coefficient (Wildman–Crippen LogP) is 2.56. The zero-order chi connectivity index (χ0) is 12.3. The van der Waals surface area contributed by atoms with Crippen molar-refractivity contribution in [1.29, 1.82) is 0 Å². The Labute approximate surface area is 100 Å². The normalized spacial score (nSPS) is 14.9. The van der Waals surface area contributed by atoms with Crippen molar-refractivity contribution in [1.82, 2.24) is 5.32 Å². The van der Waals surface area contributed by atoms with E-state index in [1.807, 2.05) is 0 Å². The molecule has 1 aliphatic carbocycles. The van der Waals surface area contributed by atoms with Crippen LogP contribution in [0, 0.1) is 0 Å². The Hall–Kier alpha value is -1.84. The van der Waals surface area contributed by atoms with Crippen molar-refractivity contribution in [3.05, 3.63) is 29.8 Å². The second-order valence-electron chi connectivity index (χ2n) is 4.36. The molecule has 4 heteroatoms. The molecule has 0 spiro atoms. The molecule has 0 radical (unpaired) electrons. The zero-order valence-electron chi connectivity index (χ0n) is 9.82. The molecule has 2 amide bonds. The molecule has 1 aliphatic rings. The van der Waals surface area contributed by atoms with Crippen molar-refractivity contribution in [3.63, 3.8) is 0 Å². The number of carbonyl (C=O) groups excluding carboxylic acids is 2. The average molecular weight is 232 g/mol. The van der Waals surface area contributed by atoms with Gasteiger partial charge in [-0.15, -0.1) is 0 Å². The lowest BCUT2D eigenvalue weighted by Gasteiger charge is -2.26. The van der Waals surface area contributed by atoms with Crippen molar-refractivity contribution in [2.75, 3.05) is 5.32 Å². The average Bonchev–Trinajstić information content (AvgIpc) is 2.24. The van der Waals surface area contributed by atoms with Crippen LogP contribution < -0.4 is 10.6 Å². The molecule has 90 valence electrons. The van der Waals surface area contributed by atoms with Crippen LogP contribution in [0.2, 0.25) is 0 Å². The van der Waals surface area contributed by atoms with E-state index >= 15 is 0 Å². The van der Waals surface area contributed by atoms with E-state index in [4.69, 9.17) is 0 Å². The van der Waals surface area contributed by atoms with E-state index in [1.165, 1.54) is 13.3 Å². The summed E-state index contributed by atoms with van der Waals surface area (Å²) in [5, 5.41) is 5.63. The third-order valence-electron chi connectivity index (χ3n) is 2.99. The first-order valence-electron chi connectivity index (χ1n) is 5.83. The fourth-order valence-corrected chi connectivity index (χ4v) is 1.69. The van der Waals surface area contributed by atoms with E-state index in [2.05, 4.69) is 10.6 Å². The van der Waals surface area contributed by atoms with Gasteiger partial charge in [-0.1, -0.05) is 0 Å². The topological polar surface area (TPSA) is 58.2 Å². The molecule has 1 fully saturated rings. The molecule has 0 unspecified atom stereocenters. The molecule has 0 bridgehead atoms. The molecule has 1 saturated carbocycles. The summed E-state index contributed by atoms with van der Waals surface area (Å²) in [7, 11) is 0. The number of rotatable bonds is 3. The number of ketones is 1. The predicted molar refractivity (Wildman–Crippen MR) is 66.2 cm³/mol. The smallest absolute Gasteiger partial charge is 0.319 e. The highest BCUT2D eigenvalue weighted by atomic mass is 16.2. The van der Waals surface area contributed by atoms with Gasteiger partial charge in [0.25, 0.3) is 0 Å². The van der Waals surface area contributed by atoms with Crippen LogP contribution in [0.3, 0.4) is 0 Å². The van der Waals surface area contributed by atoms with Crippen LogP contribution in [0.1, 0.15) is 36.5 Å². The number of benzene rings is 1. The van der Waals surface area contributed by atoms with Gasteiger partial charge in [0.15, 0.2) is 5.78 Å². The van der Waals surface area contributed by atoms with Gasteiger partial charge in [0, 0.05) is 17.3 Å². The van der Waals surface area contributed by atoms with Crippen molar-refractivity contribution in [3.8, 4) is 0 Å². The Morgan fingerprint density at radius 1 is 1.18 bits per heavy atom. The molecule has 0 aromatic heterocycles. The number of Topliss-reactive ketones (excluding diaryl/α,β-unsaturated/α-hetero) is 1. The number of carbonyl (C=O) groups is 2. The van der Waals surface area contributed by atoms with E-state index in [0.717, 1.165) is 12.8 Å². The van der Waals surface area contributed by atoms with E-state index in [1.54, 1.807) is 24.3 Å². The molecule has 0 atom stereocenters. The van der Waals surface area contributed by atoms with Crippen molar-refractivity contribution in [2.45, 2.75) is 32.2 Å². The molecule has 2 rings (SSSR count). The van der Waals surface area contributed by atoms with Crippen LogP contribution in [0.25, 0.3) is 0 Å². The van der Waals surface area contributed by atoms with Crippen molar-refractivity contribution in [2.24, 2.45) is 0 Å². The van der Waals surface area contributed by atoms with Gasteiger partial charge in [0.2, 0.25) is 0 Å². The number of hydrogen-bond acceptors (Lipinski definition) is 2. The summed E-state index contributed by atoms with van der Waals surface area (Å²) in [5.74, 6) is 0.0236. The van der Waals surface area contributed by atoms with Crippen LogP contribution in [0.5, 0.6) is 0 Å². The van der Waals surface area contributed by atoms with Gasteiger partial charge in [-0.25, -0.2) is 4.79 Å².